The summed E-state index contributed by atoms with van der Waals surface area (Å²) in [4.78, 5) is 19.8. The third-order valence-corrected chi connectivity index (χ3v) is 5.30. The molecular weight excluding hydrogens is 312 g/mol. The number of aromatic nitrogens is 3. The Hall–Kier alpha value is -2.56. The van der Waals surface area contributed by atoms with E-state index >= 15 is 0 Å². The Labute approximate surface area is 147 Å². The standard InChI is InChI=1S/C20H24N4O/c1-15(23-11-5-6-12-23)14-19(25)24-13-7-10-18(24)20-21-16-8-3-4-9-17(16)22(20)2/h3-6,8-9,11-12,15,18H,7,10,13-14H2,1-2H3/t15-,18-/m0/s1. The van der Waals surface area contributed by atoms with E-state index < -0.39 is 0 Å². The summed E-state index contributed by atoms with van der Waals surface area (Å²) >= 11 is 0. The minimum absolute atomic E-state index is 0.0850. The molecule has 0 N–H and O–H groups in total. The molecule has 0 spiro atoms. The lowest BCUT2D eigenvalue weighted by molar-refractivity contribution is -0.133. The molecule has 25 heavy (non-hydrogen) atoms. The molecular formula is C20H24N4O. The molecule has 2 atom stereocenters. The number of nitrogens with zero attached hydrogens (tertiary/aromatic N) is 4. The SMILES string of the molecule is C[C@@H](CC(=O)N1CCC[C@H]1c1nc2ccccc2n1C)n1cccc1. The van der Waals surface area contributed by atoms with Gasteiger partial charge in [0.15, 0.2) is 0 Å². The Bertz CT molecular complexity index is 880. The van der Waals surface area contributed by atoms with Crippen LogP contribution in [-0.2, 0) is 11.8 Å². The van der Waals surface area contributed by atoms with E-state index in [2.05, 4.69) is 22.1 Å². The quantitative estimate of drug-likeness (QED) is 0.729. The van der Waals surface area contributed by atoms with Gasteiger partial charge in [-0.05, 0) is 44.0 Å². The molecule has 1 saturated heterocycles. The molecule has 0 aliphatic carbocycles. The van der Waals surface area contributed by atoms with Crippen molar-refractivity contribution in [3.63, 3.8) is 0 Å². The van der Waals surface area contributed by atoms with Gasteiger partial charge in [-0.25, -0.2) is 4.98 Å². The van der Waals surface area contributed by atoms with E-state index in [1.54, 1.807) is 0 Å². The largest absolute Gasteiger partial charge is 0.351 e. The first-order valence-electron chi connectivity index (χ1n) is 8.98. The van der Waals surface area contributed by atoms with Crippen LogP contribution in [0.3, 0.4) is 0 Å². The van der Waals surface area contributed by atoms with Crippen molar-refractivity contribution in [1.82, 2.24) is 19.0 Å². The van der Waals surface area contributed by atoms with Crippen LogP contribution in [0, 0.1) is 0 Å². The van der Waals surface area contributed by atoms with Gasteiger partial charge in [0, 0.05) is 38.4 Å². The molecule has 5 heteroatoms. The van der Waals surface area contributed by atoms with Crippen molar-refractivity contribution in [3.05, 3.63) is 54.6 Å². The number of aryl methyl sites for hydroxylation is 1. The predicted octanol–water partition coefficient (Wildman–Crippen LogP) is 3.69. The van der Waals surface area contributed by atoms with Crippen LogP contribution in [0.25, 0.3) is 11.0 Å². The van der Waals surface area contributed by atoms with Gasteiger partial charge in [-0.15, -0.1) is 0 Å². The lowest BCUT2D eigenvalue weighted by Gasteiger charge is -2.26. The number of para-hydroxylation sites is 2. The number of fused-ring (bicyclic) bond motifs is 1. The molecule has 1 fully saturated rings. The topological polar surface area (TPSA) is 43.1 Å². The number of hydrogen-bond donors (Lipinski definition) is 0. The van der Waals surface area contributed by atoms with Crippen LogP contribution in [0.1, 0.15) is 44.1 Å². The van der Waals surface area contributed by atoms with Gasteiger partial charge in [0.1, 0.15) is 5.82 Å². The van der Waals surface area contributed by atoms with Gasteiger partial charge in [-0.3, -0.25) is 4.79 Å². The highest BCUT2D eigenvalue weighted by atomic mass is 16.2. The Kier molecular flexibility index (Phi) is 4.07. The van der Waals surface area contributed by atoms with Gasteiger partial charge in [0.2, 0.25) is 5.91 Å². The fourth-order valence-electron chi connectivity index (χ4n) is 3.91. The lowest BCUT2D eigenvalue weighted by atomic mass is 10.1. The molecule has 3 aromatic rings. The highest BCUT2D eigenvalue weighted by Gasteiger charge is 2.33. The zero-order valence-corrected chi connectivity index (χ0v) is 14.8. The third kappa shape index (κ3) is 2.84. The molecule has 130 valence electrons. The fraction of sp³-hybridized carbons (Fsp3) is 0.400. The summed E-state index contributed by atoms with van der Waals surface area (Å²) in [6, 6.07) is 12.4. The van der Waals surface area contributed by atoms with Crippen molar-refractivity contribution in [1.29, 1.82) is 0 Å². The van der Waals surface area contributed by atoms with Crippen LogP contribution in [0.2, 0.25) is 0 Å². The molecule has 3 heterocycles. The number of hydrogen-bond acceptors (Lipinski definition) is 2. The summed E-state index contributed by atoms with van der Waals surface area (Å²) in [7, 11) is 2.05. The second-order valence-electron chi connectivity index (χ2n) is 6.95. The van der Waals surface area contributed by atoms with Gasteiger partial charge in [-0.1, -0.05) is 12.1 Å². The fourth-order valence-corrected chi connectivity index (χ4v) is 3.91. The van der Waals surface area contributed by atoms with Crippen molar-refractivity contribution in [2.24, 2.45) is 7.05 Å². The summed E-state index contributed by atoms with van der Waals surface area (Å²) in [5.41, 5.74) is 2.12. The van der Waals surface area contributed by atoms with Crippen molar-refractivity contribution in [2.45, 2.75) is 38.3 Å². The second-order valence-corrected chi connectivity index (χ2v) is 6.95. The summed E-state index contributed by atoms with van der Waals surface area (Å²) in [5.74, 6) is 1.22. The summed E-state index contributed by atoms with van der Waals surface area (Å²) in [6.07, 6.45) is 6.59. The number of carbonyl (C=O) groups excluding carboxylic acids is 1. The average Bonchev–Trinajstić information content (AvgIpc) is 3.35. The zero-order valence-electron chi connectivity index (χ0n) is 14.8. The van der Waals surface area contributed by atoms with Crippen LogP contribution in [0.4, 0.5) is 0 Å². The smallest absolute Gasteiger partial charge is 0.225 e. The molecule has 0 saturated carbocycles. The van der Waals surface area contributed by atoms with E-state index in [0.717, 1.165) is 36.2 Å². The maximum Gasteiger partial charge on any atom is 0.225 e. The average molecular weight is 336 g/mol. The Morgan fingerprint density at radius 3 is 2.76 bits per heavy atom. The molecule has 5 nitrogen and oxygen atoms in total. The van der Waals surface area contributed by atoms with Crippen LogP contribution >= 0.6 is 0 Å². The van der Waals surface area contributed by atoms with Gasteiger partial charge >= 0.3 is 0 Å². The molecule has 0 radical (unpaired) electrons. The molecule has 2 aromatic heterocycles. The Balaban J connectivity index is 1.57. The molecule has 1 aliphatic heterocycles. The first-order chi connectivity index (χ1) is 12.1. The van der Waals surface area contributed by atoms with Crippen LogP contribution in [0.5, 0.6) is 0 Å². The minimum atomic E-state index is 0.0850. The van der Waals surface area contributed by atoms with Crippen molar-refractivity contribution in [3.8, 4) is 0 Å². The minimum Gasteiger partial charge on any atom is -0.351 e. The number of carbonyl (C=O) groups is 1. The lowest BCUT2D eigenvalue weighted by Crippen LogP contribution is -2.33. The second kappa shape index (κ2) is 6.39. The van der Waals surface area contributed by atoms with Crippen molar-refractivity contribution in [2.75, 3.05) is 6.54 Å². The van der Waals surface area contributed by atoms with E-state index in [-0.39, 0.29) is 18.0 Å². The van der Waals surface area contributed by atoms with Gasteiger partial charge in [0.25, 0.3) is 0 Å². The number of imidazole rings is 1. The monoisotopic (exact) mass is 336 g/mol. The predicted molar refractivity (Wildman–Crippen MR) is 98.2 cm³/mol. The molecule has 0 bridgehead atoms. The highest BCUT2D eigenvalue weighted by molar-refractivity contribution is 5.78. The number of benzene rings is 1. The Morgan fingerprint density at radius 1 is 1.24 bits per heavy atom. The summed E-state index contributed by atoms with van der Waals surface area (Å²) < 4.78 is 4.24. The van der Waals surface area contributed by atoms with Crippen molar-refractivity contribution >= 4 is 16.9 Å². The summed E-state index contributed by atoms with van der Waals surface area (Å²) in [6.45, 7) is 2.92. The maximum atomic E-state index is 12.9. The van der Waals surface area contributed by atoms with E-state index in [9.17, 15) is 4.79 Å². The molecule has 1 aliphatic rings. The van der Waals surface area contributed by atoms with E-state index in [1.807, 2.05) is 54.7 Å². The van der Waals surface area contributed by atoms with Crippen molar-refractivity contribution < 1.29 is 4.79 Å². The number of likely N-dealkylation sites (tertiary alicyclic amines) is 1. The van der Waals surface area contributed by atoms with Gasteiger partial charge < -0.3 is 14.0 Å². The van der Waals surface area contributed by atoms with Crippen LogP contribution in [-0.4, -0.2) is 31.5 Å². The van der Waals surface area contributed by atoms with Gasteiger partial charge in [0.05, 0.1) is 17.1 Å². The molecule has 4 rings (SSSR count). The molecule has 1 aromatic carbocycles. The van der Waals surface area contributed by atoms with E-state index in [4.69, 9.17) is 4.98 Å². The van der Waals surface area contributed by atoms with Crippen LogP contribution in [0.15, 0.2) is 48.8 Å². The highest BCUT2D eigenvalue weighted by Crippen LogP contribution is 2.34. The Morgan fingerprint density at radius 2 is 2.00 bits per heavy atom. The van der Waals surface area contributed by atoms with Crippen LogP contribution < -0.4 is 0 Å². The number of rotatable bonds is 4. The zero-order chi connectivity index (χ0) is 17.4. The normalized spacial score (nSPS) is 18.8. The number of amides is 1. The maximum absolute atomic E-state index is 12.9. The molecule has 1 amide bonds. The summed E-state index contributed by atoms with van der Waals surface area (Å²) in [5, 5.41) is 0. The first-order valence-corrected chi connectivity index (χ1v) is 8.98. The van der Waals surface area contributed by atoms with E-state index in [0.29, 0.717) is 6.42 Å². The first kappa shape index (κ1) is 15.9. The van der Waals surface area contributed by atoms with E-state index in [1.165, 1.54) is 0 Å². The third-order valence-electron chi connectivity index (χ3n) is 5.30. The van der Waals surface area contributed by atoms with Gasteiger partial charge in [-0.2, -0.15) is 0 Å². The molecule has 0 unspecified atom stereocenters.